The van der Waals surface area contributed by atoms with Crippen LogP contribution >= 0.6 is 23.2 Å². The van der Waals surface area contributed by atoms with Gasteiger partial charge < -0.3 is 14.8 Å². The molecule has 1 N–H and O–H groups in total. The molecule has 0 saturated carbocycles. The lowest BCUT2D eigenvalue weighted by molar-refractivity contribution is -0.138. The predicted molar refractivity (Wildman–Crippen MR) is 72.2 cm³/mol. The third-order valence-corrected chi connectivity index (χ3v) is 3.03. The molecule has 0 aliphatic carbocycles. The van der Waals surface area contributed by atoms with Crippen molar-refractivity contribution < 1.29 is 23.5 Å². The Kier molecular flexibility index (Phi) is 5.79. The molecule has 8 heteroatoms. The predicted octanol–water partition coefficient (Wildman–Crippen LogP) is 2.77. The third kappa shape index (κ3) is 3.85. The van der Waals surface area contributed by atoms with Gasteiger partial charge in [0.1, 0.15) is 11.5 Å². The molecular weight excluding hydrogens is 312 g/mol. The van der Waals surface area contributed by atoms with E-state index in [4.69, 9.17) is 23.2 Å². The fraction of sp³-hybridized carbons (Fsp3) is 0.167. The quantitative estimate of drug-likeness (QED) is 0.525. The number of ether oxygens (including phenoxy) is 2. The first-order chi connectivity index (χ1) is 9.40. The molecule has 0 fully saturated rings. The maximum absolute atomic E-state index is 13.2. The number of anilines is 1. The maximum atomic E-state index is 13.2. The molecular formula is C12H10Cl2FNO4. The Labute approximate surface area is 124 Å². The van der Waals surface area contributed by atoms with Crippen molar-refractivity contribution in [2.75, 3.05) is 19.5 Å². The Balaban J connectivity index is 3.14. The van der Waals surface area contributed by atoms with Crippen molar-refractivity contribution in [3.63, 3.8) is 0 Å². The van der Waals surface area contributed by atoms with Crippen molar-refractivity contribution in [2.45, 2.75) is 0 Å². The summed E-state index contributed by atoms with van der Waals surface area (Å²) in [6.07, 6.45) is 0.874. The molecule has 0 amide bonds. The lowest BCUT2D eigenvalue weighted by Gasteiger charge is -2.11. The zero-order chi connectivity index (χ0) is 15.3. The van der Waals surface area contributed by atoms with Gasteiger partial charge in [-0.05, 0) is 12.1 Å². The average Bonchev–Trinajstić information content (AvgIpc) is 2.45. The average molecular weight is 322 g/mol. The second-order valence-corrected chi connectivity index (χ2v) is 4.18. The summed E-state index contributed by atoms with van der Waals surface area (Å²) in [6, 6.07) is 2.32. The smallest absolute Gasteiger partial charge is 0.354 e. The Morgan fingerprint density at radius 2 is 1.85 bits per heavy atom. The van der Waals surface area contributed by atoms with Crippen LogP contribution in [0, 0.1) is 5.82 Å². The summed E-state index contributed by atoms with van der Waals surface area (Å²) < 4.78 is 22.1. The molecule has 5 nitrogen and oxygen atoms in total. The lowest BCUT2D eigenvalue weighted by atomic mass is 10.3. The summed E-state index contributed by atoms with van der Waals surface area (Å²) in [7, 11) is 2.28. The van der Waals surface area contributed by atoms with Crippen LogP contribution in [-0.2, 0) is 19.1 Å². The Hall–Kier alpha value is -1.79. The summed E-state index contributed by atoms with van der Waals surface area (Å²) >= 11 is 11.5. The van der Waals surface area contributed by atoms with Gasteiger partial charge >= 0.3 is 11.9 Å². The highest BCUT2D eigenvalue weighted by molar-refractivity contribution is 6.43. The van der Waals surface area contributed by atoms with Gasteiger partial charge in [0, 0.05) is 0 Å². The van der Waals surface area contributed by atoms with Gasteiger partial charge in [-0.15, -0.1) is 0 Å². The van der Waals surface area contributed by atoms with Crippen LogP contribution in [0.25, 0.3) is 0 Å². The number of methoxy groups -OCH3 is 2. The molecule has 108 valence electrons. The van der Waals surface area contributed by atoms with Crippen molar-refractivity contribution in [2.24, 2.45) is 0 Å². The van der Waals surface area contributed by atoms with Gasteiger partial charge in [-0.3, -0.25) is 0 Å². The summed E-state index contributed by atoms with van der Waals surface area (Å²) in [4.78, 5) is 22.7. The first kappa shape index (κ1) is 16.3. The van der Waals surface area contributed by atoms with Gasteiger partial charge in [-0.2, -0.15) is 0 Å². The van der Waals surface area contributed by atoms with E-state index in [-0.39, 0.29) is 21.4 Å². The van der Waals surface area contributed by atoms with E-state index in [1.165, 1.54) is 6.07 Å². The van der Waals surface area contributed by atoms with E-state index in [0.29, 0.717) is 0 Å². The first-order valence-corrected chi connectivity index (χ1v) is 5.94. The molecule has 0 bridgehead atoms. The number of esters is 2. The monoisotopic (exact) mass is 321 g/mol. The number of halogens is 3. The van der Waals surface area contributed by atoms with Crippen LogP contribution in [0.2, 0.25) is 10.0 Å². The van der Waals surface area contributed by atoms with E-state index in [0.717, 1.165) is 26.4 Å². The number of hydrogen-bond acceptors (Lipinski definition) is 5. The highest BCUT2D eigenvalue weighted by Crippen LogP contribution is 2.32. The van der Waals surface area contributed by atoms with Gasteiger partial charge in [-0.25, -0.2) is 14.0 Å². The van der Waals surface area contributed by atoms with E-state index < -0.39 is 17.8 Å². The highest BCUT2D eigenvalue weighted by atomic mass is 35.5. The van der Waals surface area contributed by atoms with Crippen molar-refractivity contribution >= 4 is 40.8 Å². The second-order valence-electron chi connectivity index (χ2n) is 3.42. The number of hydrogen-bond donors (Lipinski definition) is 1. The Bertz CT molecular complexity index is 575. The van der Waals surface area contributed by atoms with E-state index >= 15 is 0 Å². The van der Waals surface area contributed by atoms with Gasteiger partial charge in [0.15, 0.2) is 0 Å². The fourth-order valence-corrected chi connectivity index (χ4v) is 1.57. The van der Waals surface area contributed by atoms with Gasteiger partial charge in [0.2, 0.25) is 0 Å². The van der Waals surface area contributed by atoms with Crippen LogP contribution in [0.15, 0.2) is 23.9 Å². The first-order valence-electron chi connectivity index (χ1n) is 5.19. The van der Waals surface area contributed by atoms with E-state index in [2.05, 4.69) is 14.8 Å². The summed E-state index contributed by atoms with van der Waals surface area (Å²) in [5.41, 5.74) is -0.0949. The van der Waals surface area contributed by atoms with Gasteiger partial charge in [0.25, 0.3) is 0 Å². The van der Waals surface area contributed by atoms with Crippen LogP contribution in [0.1, 0.15) is 0 Å². The molecule has 1 aromatic rings. The summed E-state index contributed by atoms with van der Waals surface area (Å²) in [5, 5.41) is 2.09. The molecule has 1 aromatic carbocycles. The topological polar surface area (TPSA) is 64.6 Å². The molecule has 0 unspecified atom stereocenters. The number of rotatable bonds is 4. The molecule has 20 heavy (non-hydrogen) atoms. The van der Waals surface area contributed by atoms with Crippen LogP contribution in [-0.4, -0.2) is 26.2 Å². The van der Waals surface area contributed by atoms with Crippen molar-refractivity contribution in [1.82, 2.24) is 0 Å². The molecule has 0 spiro atoms. The standard InChI is InChI=1S/C12H10Cl2FNO4/c1-19-9(17)5-8(12(18)20-2)16-7-4-3-6(15)10(13)11(7)14/h3-5,16H,1-2H3/b8-5+. The summed E-state index contributed by atoms with van der Waals surface area (Å²) in [5.74, 6) is -2.31. The lowest BCUT2D eigenvalue weighted by Crippen LogP contribution is -2.15. The van der Waals surface area contributed by atoms with Crippen molar-refractivity contribution in [1.29, 1.82) is 0 Å². The number of carbonyl (C=O) groups is 2. The van der Waals surface area contributed by atoms with Gasteiger partial charge in [0.05, 0.1) is 36.0 Å². The number of nitrogens with one attached hydrogen (secondary N) is 1. The van der Waals surface area contributed by atoms with Crippen LogP contribution in [0.3, 0.4) is 0 Å². The molecule has 0 saturated heterocycles. The molecule has 0 radical (unpaired) electrons. The van der Waals surface area contributed by atoms with Crippen molar-refractivity contribution in [3.05, 3.63) is 39.8 Å². The molecule has 0 aromatic heterocycles. The minimum atomic E-state index is -0.827. The minimum absolute atomic E-state index is 0.133. The van der Waals surface area contributed by atoms with Gasteiger partial charge in [-0.1, -0.05) is 23.2 Å². The van der Waals surface area contributed by atoms with E-state index in [1.54, 1.807) is 0 Å². The Morgan fingerprint density at radius 3 is 2.40 bits per heavy atom. The fourth-order valence-electron chi connectivity index (χ4n) is 1.20. The SMILES string of the molecule is COC(=O)/C=C(/Nc1ccc(F)c(Cl)c1Cl)C(=O)OC. The molecule has 0 aliphatic rings. The molecule has 0 aliphatic heterocycles. The summed E-state index contributed by atoms with van der Waals surface area (Å²) in [6.45, 7) is 0. The highest BCUT2D eigenvalue weighted by Gasteiger charge is 2.16. The van der Waals surface area contributed by atoms with Crippen LogP contribution in [0.5, 0.6) is 0 Å². The van der Waals surface area contributed by atoms with Crippen LogP contribution in [0.4, 0.5) is 10.1 Å². The second kappa shape index (κ2) is 7.12. The molecule has 0 heterocycles. The van der Waals surface area contributed by atoms with Crippen LogP contribution < -0.4 is 5.32 Å². The minimum Gasteiger partial charge on any atom is -0.466 e. The number of carbonyl (C=O) groups excluding carboxylic acids is 2. The maximum Gasteiger partial charge on any atom is 0.354 e. The van der Waals surface area contributed by atoms with E-state index in [9.17, 15) is 14.0 Å². The zero-order valence-corrected chi connectivity index (χ0v) is 12.0. The normalized spacial score (nSPS) is 10.9. The van der Waals surface area contributed by atoms with Crippen molar-refractivity contribution in [3.8, 4) is 0 Å². The van der Waals surface area contributed by atoms with E-state index in [1.807, 2.05) is 0 Å². The Morgan fingerprint density at radius 1 is 1.20 bits per heavy atom. The largest absolute Gasteiger partial charge is 0.466 e. The number of benzene rings is 1. The zero-order valence-electron chi connectivity index (χ0n) is 10.5. The third-order valence-electron chi connectivity index (χ3n) is 2.17. The molecule has 1 rings (SSSR count). The molecule has 0 atom stereocenters.